The van der Waals surface area contributed by atoms with E-state index in [4.69, 9.17) is 4.74 Å². The van der Waals surface area contributed by atoms with Crippen LogP contribution in [-0.2, 0) is 10.9 Å². The van der Waals surface area contributed by atoms with Gasteiger partial charge in [0.05, 0.1) is 5.56 Å². The molecule has 0 aliphatic carbocycles. The second-order valence-corrected chi connectivity index (χ2v) is 4.54. The molecule has 1 nitrogen and oxygen atoms in total. The van der Waals surface area contributed by atoms with Crippen molar-refractivity contribution in [3.63, 3.8) is 0 Å². The maximum Gasteiger partial charge on any atom is 0.416 e. The van der Waals surface area contributed by atoms with E-state index in [2.05, 4.69) is 0 Å². The van der Waals surface area contributed by atoms with Gasteiger partial charge in [0, 0.05) is 19.1 Å². The van der Waals surface area contributed by atoms with Crippen LogP contribution in [0.25, 0.3) is 6.08 Å². The van der Waals surface area contributed by atoms with Crippen LogP contribution in [0.15, 0.2) is 30.1 Å². The molecule has 0 unspecified atom stereocenters. The van der Waals surface area contributed by atoms with Crippen LogP contribution in [-0.4, -0.2) is 13.2 Å². The minimum absolute atomic E-state index is 0.184. The highest BCUT2D eigenvalue weighted by atomic mass is 19.4. The molecule has 1 aromatic rings. The van der Waals surface area contributed by atoms with Gasteiger partial charge in [-0.2, -0.15) is 13.2 Å². The Morgan fingerprint density at radius 2 is 1.68 bits per heavy atom. The number of rotatable bonds is 2. The van der Waals surface area contributed by atoms with Crippen LogP contribution >= 0.6 is 0 Å². The second kappa shape index (κ2) is 5.74. The van der Waals surface area contributed by atoms with E-state index in [-0.39, 0.29) is 11.7 Å². The van der Waals surface area contributed by atoms with Crippen molar-refractivity contribution in [1.82, 2.24) is 0 Å². The van der Waals surface area contributed by atoms with E-state index in [1.807, 2.05) is 0 Å². The largest absolute Gasteiger partial charge is 0.416 e. The Labute approximate surface area is 108 Å². The number of alkyl halides is 3. The zero-order valence-electron chi connectivity index (χ0n) is 10.2. The molecule has 0 bridgehead atoms. The van der Waals surface area contributed by atoms with Crippen molar-refractivity contribution in [1.29, 1.82) is 0 Å². The Hall–Kier alpha value is -1.36. The SMILES string of the molecule is F/C(=C\c1ccc(C(F)(F)F)cc1)C1CCOCC1. The summed E-state index contributed by atoms with van der Waals surface area (Å²) in [6.45, 7) is 1.05. The van der Waals surface area contributed by atoms with E-state index in [0.717, 1.165) is 12.1 Å². The molecule has 0 amide bonds. The van der Waals surface area contributed by atoms with Crippen LogP contribution in [0.4, 0.5) is 17.6 Å². The first-order valence-corrected chi connectivity index (χ1v) is 6.09. The third kappa shape index (κ3) is 3.80. The molecule has 1 saturated heterocycles. The lowest BCUT2D eigenvalue weighted by atomic mass is 9.97. The summed E-state index contributed by atoms with van der Waals surface area (Å²) in [6, 6.07) is 4.48. The van der Waals surface area contributed by atoms with Gasteiger partial charge in [0.25, 0.3) is 0 Å². The molecule has 1 aliphatic rings. The molecule has 0 N–H and O–H groups in total. The zero-order chi connectivity index (χ0) is 13.9. The van der Waals surface area contributed by atoms with E-state index in [1.54, 1.807) is 0 Å². The first-order chi connectivity index (χ1) is 8.97. The van der Waals surface area contributed by atoms with Gasteiger partial charge in [0.2, 0.25) is 0 Å². The van der Waals surface area contributed by atoms with Crippen molar-refractivity contribution in [2.24, 2.45) is 5.92 Å². The van der Waals surface area contributed by atoms with Gasteiger partial charge in [-0.15, -0.1) is 0 Å². The molecule has 1 aromatic carbocycles. The number of halogens is 4. The van der Waals surface area contributed by atoms with Gasteiger partial charge in [-0.05, 0) is 36.6 Å². The van der Waals surface area contributed by atoms with E-state index >= 15 is 0 Å². The normalized spacial score (nSPS) is 18.6. The molecule has 104 valence electrons. The fourth-order valence-corrected chi connectivity index (χ4v) is 2.02. The third-order valence-electron chi connectivity index (χ3n) is 3.15. The smallest absolute Gasteiger partial charge is 0.381 e. The van der Waals surface area contributed by atoms with Gasteiger partial charge in [-0.25, -0.2) is 4.39 Å². The van der Waals surface area contributed by atoms with Gasteiger partial charge in [-0.3, -0.25) is 0 Å². The molecule has 19 heavy (non-hydrogen) atoms. The highest BCUT2D eigenvalue weighted by Gasteiger charge is 2.29. The molecule has 1 fully saturated rings. The van der Waals surface area contributed by atoms with Crippen LogP contribution in [0.1, 0.15) is 24.0 Å². The van der Waals surface area contributed by atoms with Crippen molar-refractivity contribution in [2.45, 2.75) is 19.0 Å². The average molecular weight is 274 g/mol. The minimum atomic E-state index is -4.36. The summed E-state index contributed by atoms with van der Waals surface area (Å²) in [4.78, 5) is 0. The van der Waals surface area contributed by atoms with Crippen LogP contribution < -0.4 is 0 Å². The van der Waals surface area contributed by atoms with Crippen LogP contribution in [0.3, 0.4) is 0 Å². The summed E-state index contributed by atoms with van der Waals surface area (Å²) in [6.07, 6.45) is -1.83. The first kappa shape index (κ1) is 14.1. The number of benzene rings is 1. The summed E-state index contributed by atoms with van der Waals surface area (Å²) in [5.41, 5.74) is -0.284. The standard InChI is InChI=1S/C14H14F4O/c15-13(11-5-7-19-8-6-11)9-10-1-3-12(4-2-10)14(16,17)18/h1-4,9,11H,5-8H2/b13-9-. The molecule has 5 heteroatoms. The quantitative estimate of drug-likeness (QED) is 0.724. The maximum atomic E-state index is 13.9. The molecule has 1 heterocycles. The fraction of sp³-hybridized carbons (Fsp3) is 0.429. The molecular formula is C14H14F4O. The number of hydrogen-bond donors (Lipinski definition) is 0. The van der Waals surface area contributed by atoms with Crippen molar-refractivity contribution in [2.75, 3.05) is 13.2 Å². The Balaban J connectivity index is 2.09. The van der Waals surface area contributed by atoms with Gasteiger partial charge in [0.1, 0.15) is 5.83 Å². The number of hydrogen-bond acceptors (Lipinski definition) is 1. The molecule has 1 aliphatic heterocycles. The zero-order valence-corrected chi connectivity index (χ0v) is 10.2. The van der Waals surface area contributed by atoms with E-state index < -0.39 is 11.7 Å². The maximum absolute atomic E-state index is 13.9. The molecule has 0 spiro atoms. The first-order valence-electron chi connectivity index (χ1n) is 6.09. The lowest BCUT2D eigenvalue weighted by Gasteiger charge is -2.20. The monoisotopic (exact) mass is 274 g/mol. The van der Waals surface area contributed by atoms with E-state index in [0.29, 0.717) is 31.6 Å². The predicted molar refractivity (Wildman–Crippen MR) is 64.1 cm³/mol. The lowest BCUT2D eigenvalue weighted by molar-refractivity contribution is -0.137. The van der Waals surface area contributed by atoms with Crippen molar-refractivity contribution >= 4 is 6.08 Å². The molecule has 0 saturated carbocycles. The number of ether oxygens (including phenoxy) is 1. The Morgan fingerprint density at radius 1 is 1.11 bits per heavy atom. The van der Waals surface area contributed by atoms with Gasteiger partial charge in [0.15, 0.2) is 0 Å². The number of allylic oxidation sites excluding steroid dienone is 1. The second-order valence-electron chi connectivity index (χ2n) is 4.54. The molecule has 0 atom stereocenters. The lowest BCUT2D eigenvalue weighted by Crippen LogP contribution is -2.15. The van der Waals surface area contributed by atoms with Crippen molar-refractivity contribution in [3.05, 3.63) is 41.2 Å². The average Bonchev–Trinajstić information content (AvgIpc) is 2.39. The Bertz CT molecular complexity index is 442. The molecule has 2 rings (SSSR count). The van der Waals surface area contributed by atoms with Gasteiger partial charge < -0.3 is 4.74 Å². The van der Waals surface area contributed by atoms with Crippen LogP contribution in [0.5, 0.6) is 0 Å². The Kier molecular flexibility index (Phi) is 4.24. The molecule has 0 radical (unpaired) electrons. The highest BCUT2D eigenvalue weighted by molar-refractivity contribution is 5.52. The highest BCUT2D eigenvalue weighted by Crippen LogP contribution is 2.30. The minimum Gasteiger partial charge on any atom is -0.381 e. The molecular weight excluding hydrogens is 260 g/mol. The van der Waals surface area contributed by atoms with Crippen LogP contribution in [0, 0.1) is 5.92 Å². The fourth-order valence-electron chi connectivity index (χ4n) is 2.02. The van der Waals surface area contributed by atoms with E-state index in [9.17, 15) is 17.6 Å². The summed E-state index contributed by atoms with van der Waals surface area (Å²) in [5, 5.41) is 0. The van der Waals surface area contributed by atoms with Crippen LogP contribution in [0.2, 0.25) is 0 Å². The Morgan fingerprint density at radius 3 is 2.21 bits per heavy atom. The topological polar surface area (TPSA) is 9.23 Å². The summed E-state index contributed by atoms with van der Waals surface area (Å²) in [5.74, 6) is -0.473. The summed E-state index contributed by atoms with van der Waals surface area (Å²) >= 11 is 0. The summed E-state index contributed by atoms with van der Waals surface area (Å²) < 4.78 is 56.1. The van der Waals surface area contributed by atoms with Gasteiger partial charge in [-0.1, -0.05) is 12.1 Å². The van der Waals surface area contributed by atoms with Crippen molar-refractivity contribution < 1.29 is 22.3 Å². The van der Waals surface area contributed by atoms with E-state index in [1.165, 1.54) is 18.2 Å². The summed E-state index contributed by atoms with van der Waals surface area (Å²) in [7, 11) is 0. The van der Waals surface area contributed by atoms with Gasteiger partial charge >= 0.3 is 6.18 Å². The molecule has 0 aromatic heterocycles. The predicted octanol–water partition coefficient (Wildman–Crippen LogP) is 4.44. The van der Waals surface area contributed by atoms with Crippen molar-refractivity contribution in [3.8, 4) is 0 Å². The third-order valence-corrected chi connectivity index (χ3v) is 3.15.